The van der Waals surface area contributed by atoms with Crippen LogP contribution >= 0.6 is 0 Å². The molecular formula is C16H15F5N4O. The van der Waals surface area contributed by atoms with Gasteiger partial charge in [-0.1, -0.05) is 6.07 Å². The molecule has 2 aromatic rings. The van der Waals surface area contributed by atoms with E-state index in [-0.39, 0.29) is 24.7 Å². The molecular weight excluding hydrogens is 359 g/mol. The third kappa shape index (κ3) is 4.44. The van der Waals surface area contributed by atoms with E-state index in [1.165, 1.54) is 6.07 Å². The minimum Gasteiger partial charge on any atom is -0.370 e. The fourth-order valence-corrected chi connectivity index (χ4v) is 2.61. The first-order chi connectivity index (χ1) is 12.3. The summed E-state index contributed by atoms with van der Waals surface area (Å²) in [5.74, 6) is -1.66. The van der Waals surface area contributed by atoms with Gasteiger partial charge in [-0.2, -0.15) is 13.2 Å². The summed E-state index contributed by atoms with van der Waals surface area (Å²) in [6.07, 6.45) is -3.02. The van der Waals surface area contributed by atoms with E-state index < -0.39 is 23.4 Å². The van der Waals surface area contributed by atoms with Crippen molar-refractivity contribution < 1.29 is 26.7 Å². The van der Waals surface area contributed by atoms with Gasteiger partial charge in [-0.25, -0.2) is 18.7 Å². The van der Waals surface area contributed by atoms with E-state index in [1.54, 1.807) is 0 Å². The molecule has 2 atom stereocenters. The number of ether oxygens (including phenoxy) is 1. The molecule has 3 rings (SSSR count). The summed E-state index contributed by atoms with van der Waals surface area (Å²) in [7, 11) is 0. The van der Waals surface area contributed by atoms with Crippen molar-refractivity contribution in [2.75, 3.05) is 18.4 Å². The molecule has 1 aromatic carbocycles. The molecule has 2 heterocycles. The normalized spacial score (nSPS) is 20.3. The number of alkyl halides is 3. The average molecular weight is 374 g/mol. The van der Waals surface area contributed by atoms with E-state index in [0.29, 0.717) is 24.7 Å². The predicted molar refractivity (Wildman–Crippen MR) is 82.2 cm³/mol. The van der Waals surface area contributed by atoms with Gasteiger partial charge in [-0.3, -0.25) is 0 Å². The van der Waals surface area contributed by atoms with Crippen molar-refractivity contribution in [3.63, 3.8) is 0 Å². The third-order valence-electron chi connectivity index (χ3n) is 3.90. The maximum atomic E-state index is 13.6. The van der Waals surface area contributed by atoms with Crippen LogP contribution < -0.4 is 10.6 Å². The summed E-state index contributed by atoms with van der Waals surface area (Å²) in [6.45, 7) is 0.971. The van der Waals surface area contributed by atoms with Gasteiger partial charge in [-0.05, 0) is 17.7 Å². The minimum atomic E-state index is -4.73. The van der Waals surface area contributed by atoms with E-state index in [4.69, 9.17) is 4.74 Å². The number of aromatic nitrogens is 2. The molecule has 5 nitrogen and oxygen atoms in total. The number of rotatable bonds is 5. The van der Waals surface area contributed by atoms with Crippen LogP contribution in [0.25, 0.3) is 0 Å². The van der Waals surface area contributed by atoms with E-state index in [9.17, 15) is 22.0 Å². The Morgan fingerprint density at radius 3 is 2.54 bits per heavy atom. The third-order valence-corrected chi connectivity index (χ3v) is 3.90. The molecule has 10 heteroatoms. The fraction of sp³-hybridized carbons (Fsp3) is 0.375. The van der Waals surface area contributed by atoms with Crippen molar-refractivity contribution in [1.82, 2.24) is 15.3 Å². The number of hydrogen-bond donors (Lipinski definition) is 2. The van der Waals surface area contributed by atoms with Crippen LogP contribution in [0.2, 0.25) is 0 Å². The Kier molecular flexibility index (Phi) is 5.33. The highest BCUT2D eigenvalue weighted by atomic mass is 19.4. The van der Waals surface area contributed by atoms with Gasteiger partial charge in [0, 0.05) is 13.1 Å². The Bertz CT molecular complexity index is 753. The van der Waals surface area contributed by atoms with Gasteiger partial charge in [0.2, 0.25) is 5.95 Å². The summed E-state index contributed by atoms with van der Waals surface area (Å²) < 4.78 is 69.8. The number of nitrogens with zero attached hydrogens (tertiary/aromatic N) is 2. The predicted octanol–water partition coefficient (Wildman–Crippen LogP) is 2.74. The van der Waals surface area contributed by atoms with Gasteiger partial charge >= 0.3 is 6.18 Å². The van der Waals surface area contributed by atoms with Crippen molar-refractivity contribution >= 4 is 5.95 Å². The molecule has 1 aromatic heterocycles. The second-order valence-corrected chi connectivity index (χ2v) is 5.80. The van der Waals surface area contributed by atoms with Crippen LogP contribution in [0, 0.1) is 11.6 Å². The summed E-state index contributed by atoms with van der Waals surface area (Å²) >= 11 is 0. The summed E-state index contributed by atoms with van der Waals surface area (Å²) in [4.78, 5) is 7.60. The second-order valence-electron chi connectivity index (χ2n) is 5.80. The molecule has 0 aliphatic carbocycles. The highest BCUT2D eigenvalue weighted by Gasteiger charge is 2.34. The number of halogens is 5. The Hall–Kier alpha value is -2.33. The molecule has 0 bridgehead atoms. The fourth-order valence-electron chi connectivity index (χ4n) is 2.61. The monoisotopic (exact) mass is 374 g/mol. The molecule has 0 saturated carbocycles. The first kappa shape index (κ1) is 18.5. The molecule has 140 valence electrons. The van der Waals surface area contributed by atoms with Crippen LogP contribution in [0.3, 0.4) is 0 Å². The topological polar surface area (TPSA) is 59.1 Å². The largest absolute Gasteiger partial charge is 0.419 e. The van der Waals surface area contributed by atoms with Gasteiger partial charge in [-0.15, -0.1) is 0 Å². The van der Waals surface area contributed by atoms with Crippen molar-refractivity contribution in [3.05, 3.63) is 53.4 Å². The maximum absolute atomic E-state index is 13.6. The lowest BCUT2D eigenvalue weighted by molar-refractivity contribution is -0.140. The molecule has 0 spiro atoms. The summed E-state index contributed by atoms with van der Waals surface area (Å²) in [5.41, 5.74) is -1.02. The molecule has 0 radical (unpaired) electrons. The van der Waals surface area contributed by atoms with Crippen LogP contribution in [-0.4, -0.2) is 35.2 Å². The molecule has 2 N–H and O–H groups in total. The lowest BCUT2D eigenvalue weighted by atomic mass is 10.1. The van der Waals surface area contributed by atoms with E-state index in [0.717, 1.165) is 18.5 Å². The highest BCUT2D eigenvalue weighted by Crippen LogP contribution is 2.31. The van der Waals surface area contributed by atoms with Crippen molar-refractivity contribution in [2.45, 2.75) is 24.9 Å². The smallest absolute Gasteiger partial charge is 0.370 e. The van der Waals surface area contributed by atoms with E-state index in [2.05, 4.69) is 20.6 Å². The van der Waals surface area contributed by atoms with Crippen molar-refractivity contribution in [1.29, 1.82) is 0 Å². The zero-order valence-electron chi connectivity index (χ0n) is 13.4. The lowest BCUT2D eigenvalue weighted by Crippen LogP contribution is -2.35. The number of anilines is 1. The van der Waals surface area contributed by atoms with Gasteiger partial charge < -0.3 is 15.4 Å². The number of benzene rings is 1. The Morgan fingerprint density at radius 1 is 1.15 bits per heavy atom. The van der Waals surface area contributed by atoms with Gasteiger partial charge in [0.15, 0.2) is 5.82 Å². The van der Waals surface area contributed by atoms with Crippen LogP contribution in [0.5, 0.6) is 0 Å². The molecule has 1 aliphatic heterocycles. The molecule has 0 amide bonds. The molecule has 0 unspecified atom stereocenters. The molecule has 1 saturated heterocycles. The molecule has 26 heavy (non-hydrogen) atoms. The Balaban J connectivity index is 1.60. The molecule has 1 fully saturated rings. The zero-order chi connectivity index (χ0) is 18.7. The number of nitrogens with one attached hydrogen (secondary N) is 2. The van der Waals surface area contributed by atoms with Crippen molar-refractivity contribution in [3.8, 4) is 0 Å². The first-order valence-electron chi connectivity index (χ1n) is 7.75. The minimum absolute atomic E-state index is 0.0517. The zero-order valence-corrected chi connectivity index (χ0v) is 13.4. The Morgan fingerprint density at radius 2 is 1.88 bits per heavy atom. The van der Waals surface area contributed by atoms with Crippen LogP contribution in [0.4, 0.5) is 27.9 Å². The van der Waals surface area contributed by atoms with Crippen LogP contribution in [0.1, 0.15) is 11.1 Å². The maximum Gasteiger partial charge on any atom is 0.419 e. The highest BCUT2D eigenvalue weighted by molar-refractivity contribution is 5.27. The Labute approximate surface area is 145 Å². The van der Waals surface area contributed by atoms with E-state index in [1.807, 2.05) is 0 Å². The molecule has 1 aliphatic rings. The summed E-state index contributed by atoms with van der Waals surface area (Å²) in [6, 6.07) is 2.47. The standard InChI is InChI=1S/C16H15F5N4O/c17-10-4-23-15(24-5-10)25-13-6-22-7-14(13)26-8-9-1-2-11(12(18)3-9)16(19,20)21/h1-5,13-14,22H,6-8H2,(H,23,24,25)/t13-,14-/m1/s1. The van der Waals surface area contributed by atoms with E-state index >= 15 is 0 Å². The SMILES string of the molecule is Fc1cnc(N[C@@H]2CNC[C@H]2OCc2ccc(C(F)(F)F)c(F)c2)nc1. The number of hydrogen-bond acceptors (Lipinski definition) is 5. The summed E-state index contributed by atoms with van der Waals surface area (Å²) in [5, 5.41) is 6.09. The van der Waals surface area contributed by atoms with Crippen LogP contribution in [0.15, 0.2) is 30.6 Å². The first-order valence-corrected chi connectivity index (χ1v) is 7.75. The average Bonchev–Trinajstić information content (AvgIpc) is 3.01. The second kappa shape index (κ2) is 7.50. The lowest BCUT2D eigenvalue weighted by Gasteiger charge is -2.20. The quantitative estimate of drug-likeness (QED) is 0.789. The van der Waals surface area contributed by atoms with Gasteiger partial charge in [0.25, 0.3) is 0 Å². The van der Waals surface area contributed by atoms with Crippen LogP contribution in [-0.2, 0) is 17.5 Å². The van der Waals surface area contributed by atoms with Crippen molar-refractivity contribution in [2.24, 2.45) is 0 Å². The van der Waals surface area contributed by atoms with Gasteiger partial charge in [0.1, 0.15) is 5.82 Å². The van der Waals surface area contributed by atoms with Gasteiger partial charge in [0.05, 0.1) is 36.7 Å².